The molecule has 1 aliphatic heterocycles. The zero-order chi connectivity index (χ0) is 24.4. The number of ether oxygens (including phenoxy) is 3. The van der Waals surface area contributed by atoms with Gasteiger partial charge in [-0.3, -0.25) is 4.79 Å². The molecule has 1 heterocycles. The summed E-state index contributed by atoms with van der Waals surface area (Å²) in [5.74, 6) is -0.515. The van der Waals surface area contributed by atoms with E-state index in [0.29, 0.717) is 56.8 Å². The fourth-order valence-corrected chi connectivity index (χ4v) is 4.72. The summed E-state index contributed by atoms with van der Waals surface area (Å²) in [5, 5.41) is 3.60. The second-order valence-electron chi connectivity index (χ2n) is 7.84. The average molecular weight is 480 g/mol. The van der Waals surface area contributed by atoms with Gasteiger partial charge in [0, 0.05) is 28.3 Å². The predicted molar refractivity (Wildman–Crippen MR) is 131 cm³/mol. The summed E-state index contributed by atoms with van der Waals surface area (Å²) in [6.45, 7) is 9.93. The maximum Gasteiger partial charge on any atom is 0.336 e. The summed E-state index contributed by atoms with van der Waals surface area (Å²) < 4.78 is 16.9. The van der Waals surface area contributed by atoms with Gasteiger partial charge in [-0.15, -0.1) is 0 Å². The fraction of sp³-hybridized carbons (Fsp3) is 0.259. The van der Waals surface area contributed by atoms with Gasteiger partial charge >= 0.3 is 5.97 Å². The number of dihydropyridines is 1. The number of esters is 1. The Labute approximate surface area is 203 Å². The molecule has 0 aromatic heterocycles. The maximum absolute atomic E-state index is 13.6. The first-order chi connectivity index (χ1) is 16.4. The maximum atomic E-state index is 13.6. The van der Waals surface area contributed by atoms with Crippen molar-refractivity contribution in [2.45, 2.75) is 26.7 Å². The Kier molecular flexibility index (Phi) is 6.80. The second-order valence-corrected chi connectivity index (χ2v) is 8.25. The Morgan fingerprint density at radius 1 is 1.15 bits per heavy atom. The molecule has 2 aliphatic rings. The van der Waals surface area contributed by atoms with Crippen molar-refractivity contribution in [2.75, 3.05) is 19.8 Å². The molecule has 34 heavy (non-hydrogen) atoms. The molecule has 0 saturated heterocycles. The van der Waals surface area contributed by atoms with E-state index in [2.05, 4.69) is 11.9 Å². The Bertz CT molecular complexity index is 1240. The quantitative estimate of drug-likeness (QED) is 0.401. The average Bonchev–Trinajstić information content (AvgIpc) is 3.09. The molecule has 0 radical (unpaired) electrons. The van der Waals surface area contributed by atoms with Crippen LogP contribution in [0.2, 0.25) is 5.02 Å². The first-order valence-electron chi connectivity index (χ1n) is 11.2. The molecule has 1 atom stereocenters. The zero-order valence-corrected chi connectivity index (χ0v) is 20.1. The van der Waals surface area contributed by atoms with Crippen molar-refractivity contribution in [2.24, 2.45) is 0 Å². The minimum atomic E-state index is -0.694. The van der Waals surface area contributed by atoms with Crippen molar-refractivity contribution in [1.29, 1.82) is 0 Å². The van der Waals surface area contributed by atoms with Crippen molar-refractivity contribution in [3.63, 3.8) is 0 Å². The van der Waals surface area contributed by atoms with Crippen LogP contribution in [-0.4, -0.2) is 31.6 Å². The van der Waals surface area contributed by atoms with Crippen molar-refractivity contribution in [3.05, 3.63) is 87.6 Å². The monoisotopic (exact) mass is 479 g/mol. The highest BCUT2D eigenvalue weighted by atomic mass is 35.5. The summed E-state index contributed by atoms with van der Waals surface area (Å²) in [4.78, 5) is 26.7. The first-order valence-corrected chi connectivity index (χ1v) is 11.5. The number of benzene rings is 2. The van der Waals surface area contributed by atoms with Crippen molar-refractivity contribution >= 4 is 29.1 Å². The minimum absolute atomic E-state index is 0.140. The molecule has 0 saturated carbocycles. The third-order valence-electron chi connectivity index (χ3n) is 5.75. The normalized spacial score (nSPS) is 16.6. The molecule has 1 aliphatic carbocycles. The standard InChI is InChI=1S/C27H26ClNO5/c1-5-12-34-26-19(28)13-16(14-20(26)32-6-2)22-21(27(31)33-7-3)15(4)29-24-17-10-8-9-11-18(17)25(30)23(22)24/h5,8-11,13-14,22,29H,1,6-7,12H2,2-4H3/t22-/m0/s1. The first kappa shape index (κ1) is 23.6. The van der Waals surface area contributed by atoms with Crippen LogP contribution in [0.4, 0.5) is 0 Å². The van der Waals surface area contributed by atoms with E-state index in [-0.39, 0.29) is 19.0 Å². The Hall–Kier alpha value is -3.51. The zero-order valence-electron chi connectivity index (χ0n) is 19.4. The number of hydrogen-bond donors (Lipinski definition) is 1. The minimum Gasteiger partial charge on any atom is -0.490 e. The molecular formula is C27H26ClNO5. The summed E-state index contributed by atoms with van der Waals surface area (Å²) in [7, 11) is 0. The number of ketones is 1. The van der Waals surface area contributed by atoms with Crippen LogP contribution in [0.15, 0.2) is 65.9 Å². The van der Waals surface area contributed by atoms with Gasteiger partial charge in [-0.1, -0.05) is 48.5 Å². The molecule has 0 spiro atoms. The molecule has 0 amide bonds. The van der Waals surface area contributed by atoms with Crippen molar-refractivity contribution < 1.29 is 23.8 Å². The number of fused-ring (bicyclic) bond motifs is 2. The van der Waals surface area contributed by atoms with Gasteiger partial charge in [0.05, 0.1) is 29.5 Å². The lowest BCUT2D eigenvalue weighted by Crippen LogP contribution is -2.29. The lowest BCUT2D eigenvalue weighted by Gasteiger charge is -2.30. The van der Waals surface area contributed by atoms with Crippen LogP contribution >= 0.6 is 11.6 Å². The van der Waals surface area contributed by atoms with E-state index in [0.717, 1.165) is 5.56 Å². The molecule has 2 aromatic rings. The fourth-order valence-electron chi connectivity index (χ4n) is 4.44. The molecule has 2 aromatic carbocycles. The van der Waals surface area contributed by atoms with Crippen LogP contribution in [0.25, 0.3) is 5.70 Å². The highest BCUT2D eigenvalue weighted by Crippen LogP contribution is 2.49. The smallest absolute Gasteiger partial charge is 0.336 e. The van der Waals surface area contributed by atoms with Crippen LogP contribution in [-0.2, 0) is 9.53 Å². The number of allylic oxidation sites excluding steroid dienone is 2. The van der Waals surface area contributed by atoms with E-state index >= 15 is 0 Å². The van der Waals surface area contributed by atoms with E-state index in [1.54, 1.807) is 38.1 Å². The third-order valence-corrected chi connectivity index (χ3v) is 6.04. The molecule has 0 fully saturated rings. The van der Waals surface area contributed by atoms with E-state index in [1.165, 1.54) is 0 Å². The Morgan fingerprint density at radius 2 is 1.88 bits per heavy atom. The van der Waals surface area contributed by atoms with Crippen LogP contribution in [0, 0.1) is 0 Å². The SMILES string of the molecule is C=CCOc1c(Cl)cc([C@H]2C(C(=O)OCC)=C(C)NC3=C2C(=O)c2ccccc23)cc1OCC. The van der Waals surface area contributed by atoms with Crippen LogP contribution in [0.3, 0.4) is 0 Å². The molecule has 0 unspecified atom stereocenters. The summed E-state index contributed by atoms with van der Waals surface area (Å²) in [6.07, 6.45) is 1.61. The van der Waals surface area contributed by atoms with E-state index < -0.39 is 11.9 Å². The molecule has 0 bridgehead atoms. The summed E-state index contributed by atoms with van der Waals surface area (Å²) in [6, 6.07) is 10.9. The lowest BCUT2D eigenvalue weighted by molar-refractivity contribution is -0.138. The number of hydrogen-bond acceptors (Lipinski definition) is 6. The van der Waals surface area contributed by atoms with Crippen LogP contribution in [0.1, 0.15) is 48.2 Å². The lowest BCUT2D eigenvalue weighted by atomic mass is 9.79. The number of rotatable bonds is 8. The van der Waals surface area contributed by atoms with Crippen LogP contribution < -0.4 is 14.8 Å². The molecule has 6 nitrogen and oxygen atoms in total. The predicted octanol–water partition coefficient (Wildman–Crippen LogP) is 5.44. The van der Waals surface area contributed by atoms with Gasteiger partial charge in [-0.25, -0.2) is 4.79 Å². The van der Waals surface area contributed by atoms with Crippen molar-refractivity contribution in [3.8, 4) is 11.5 Å². The van der Waals surface area contributed by atoms with Gasteiger partial charge in [0.1, 0.15) is 6.61 Å². The van der Waals surface area contributed by atoms with Crippen LogP contribution in [0.5, 0.6) is 11.5 Å². The van der Waals surface area contributed by atoms with E-state index in [9.17, 15) is 9.59 Å². The number of halogens is 1. The molecule has 4 rings (SSSR count). The topological polar surface area (TPSA) is 73.9 Å². The molecule has 1 N–H and O–H groups in total. The number of Topliss-reactive ketones (excluding diaryl/α,β-unsaturated/α-hetero) is 1. The second kappa shape index (κ2) is 9.77. The van der Waals surface area contributed by atoms with Gasteiger partial charge in [0.2, 0.25) is 0 Å². The number of carbonyl (C=O) groups is 2. The molecule has 176 valence electrons. The van der Waals surface area contributed by atoms with Crippen molar-refractivity contribution in [1.82, 2.24) is 5.32 Å². The summed E-state index contributed by atoms with van der Waals surface area (Å²) in [5.41, 5.74) is 4.18. The third kappa shape index (κ3) is 3.99. The Morgan fingerprint density at radius 3 is 2.56 bits per heavy atom. The van der Waals surface area contributed by atoms with E-state index in [1.807, 2.05) is 25.1 Å². The highest BCUT2D eigenvalue weighted by Gasteiger charge is 2.43. The summed E-state index contributed by atoms with van der Waals surface area (Å²) >= 11 is 6.63. The Balaban J connectivity index is 1.93. The number of carbonyl (C=O) groups excluding carboxylic acids is 2. The van der Waals surface area contributed by atoms with Gasteiger partial charge in [-0.2, -0.15) is 0 Å². The van der Waals surface area contributed by atoms with Gasteiger partial charge in [0.15, 0.2) is 17.3 Å². The van der Waals surface area contributed by atoms with Gasteiger partial charge in [-0.05, 0) is 38.5 Å². The number of nitrogens with one attached hydrogen (secondary N) is 1. The van der Waals surface area contributed by atoms with Gasteiger partial charge < -0.3 is 19.5 Å². The van der Waals surface area contributed by atoms with Gasteiger partial charge in [0.25, 0.3) is 0 Å². The molecule has 7 heteroatoms. The largest absolute Gasteiger partial charge is 0.490 e. The highest BCUT2D eigenvalue weighted by molar-refractivity contribution is 6.32. The molecular weight excluding hydrogens is 454 g/mol. The van der Waals surface area contributed by atoms with E-state index in [4.69, 9.17) is 25.8 Å².